The first kappa shape index (κ1) is 10.9. The van der Waals surface area contributed by atoms with E-state index in [4.69, 9.17) is 0 Å². The van der Waals surface area contributed by atoms with E-state index >= 15 is 0 Å². The highest BCUT2D eigenvalue weighted by Gasteiger charge is 2.36. The predicted octanol–water partition coefficient (Wildman–Crippen LogP) is -0.0323. The second-order valence-electron chi connectivity index (χ2n) is 4.65. The average molecular weight is 212 g/mol. The SMILES string of the molecule is CC1NCCC1C(=O)N1CCC[C@@H]1CO. The van der Waals surface area contributed by atoms with E-state index in [9.17, 15) is 9.90 Å². The van der Waals surface area contributed by atoms with E-state index in [0.717, 1.165) is 32.4 Å². The van der Waals surface area contributed by atoms with E-state index in [-0.39, 0.29) is 30.5 Å². The third kappa shape index (κ3) is 2.01. The van der Waals surface area contributed by atoms with Crippen molar-refractivity contribution in [1.82, 2.24) is 10.2 Å². The number of hydrogen-bond acceptors (Lipinski definition) is 3. The van der Waals surface area contributed by atoms with E-state index in [1.807, 2.05) is 4.90 Å². The summed E-state index contributed by atoms with van der Waals surface area (Å²) in [6, 6.07) is 0.364. The molecule has 2 fully saturated rings. The van der Waals surface area contributed by atoms with Gasteiger partial charge in [0.25, 0.3) is 0 Å². The quantitative estimate of drug-likeness (QED) is 0.676. The molecule has 0 bridgehead atoms. The minimum Gasteiger partial charge on any atom is -0.394 e. The van der Waals surface area contributed by atoms with Gasteiger partial charge < -0.3 is 15.3 Å². The average Bonchev–Trinajstić information content (AvgIpc) is 2.84. The molecule has 2 aliphatic heterocycles. The van der Waals surface area contributed by atoms with Crippen LogP contribution in [0.3, 0.4) is 0 Å². The first-order chi connectivity index (χ1) is 7.24. The Hall–Kier alpha value is -0.610. The van der Waals surface area contributed by atoms with E-state index in [0.29, 0.717) is 0 Å². The Bertz CT molecular complexity index is 245. The van der Waals surface area contributed by atoms with Gasteiger partial charge in [-0.3, -0.25) is 4.79 Å². The van der Waals surface area contributed by atoms with Gasteiger partial charge in [0, 0.05) is 12.6 Å². The summed E-state index contributed by atoms with van der Waals surface area (Å²) in [5, 5.41) is 12.5. The van der Waals surface area contributed by atoms with Gasteiger partial charge >= 0.3 is 0 Å². The van der Waals surface area contributed by atoms with E-state index in [1.165, 1.54) is 0 Å². The monoisotopic (exact) mass is 212 g/mol. The Labute approximate surface area is 90.6 Å². The molecule has 4 nitrogen and oxygen atoms in total. The van der Waals surface area contributed by atoms with E-state index in [1.54, 1.807) is 0 Å². The second kappa shape index (κ2) is 4.49. The summed E-state index contributed by atoms with van der Waals surface area (Å²) < 4.78 is 0. The molecule has 2 unspecified atom stereocenters. The summed E-state index contributed by atoms with van der Waals surface area (Å²) in [6.45, 7) is 3.95. The number of aliphatic hydroxyl groups excluding tert-OH is 1. The Balaban J connectivity index is 2.00. The van der Waals surface area contributed by atoms with Gasteiger partial charge in [0.2, 0.25) is 5.91 Å². The van der Waals surface area contributed by atoms with Crippen molar-refractivity contribution in [2.24, 2.45) is 5.92 Å². The molecule has 4 heteroatoms. The molecule has 0 radical (unpaired) electrons. The summed E-state index contributed by atoms with van der Waals surface area (Å²) in [5.74, 6) is 0.362. The largest absolute Gasteiger partial charge is 0.394 e. The lowest BCUT2D eigenvalue weighted by molar-refractivity contribution is -0.137. The van der Waals surface area contributed by atoms with Crippen molar-refractivity contribution in [2.75, 3.05) is 19.7 Å². The number of carbonyl (C=O) groups is 1. The standard InChI is InChI=1S/C11H20N2O2/c1-8-10(4-5-12-8)11(15)13-6-2-3-9(13)7-14/h8-10,12,14H,2-7H2,1H3/t8?,9-,10?/m1/s1. The molecule has 0 aromatic rings. The lowest BCUT2D eigenvalue weighted by Gasteiger charge is -2.27. The second-order valence-corrected chi connectivity index (χ2v) is 4.65. The van der Waals surface area contributed by atoms with Crippen molar-refractivity contribution >= 4 is 5.91 Å². The molecule has 2 aliphatic rings. The van der Waals surface area contributed by atoms with Crippen LogP contribution in [0, 0.1) is 5.92 Å². The summed E-state index contributed by atoms with van der Waals surface area (Å²) in [6.07, 6.45) is 2.93. The Morgan fingerprint density at radius 2 is 2.33 bits per heavy atom. The third-order valence-corrected chi connectivity index (χ3v) is 3.71. The maximum absolute atomic E-state index is 12.2. The maximum atomic E-state index is 12.2. The number of hydrogen-bond donors (Lipinski definition) is 2. The molecule has 2 rings (SSSR count). The fourth-order valence-electron chi connectivity index (χ4n) is 2.72. The van der Waals surface area contributed by atoms with Crippen molar-refractivity contribution in [1.29, 1.82) is 0 Å². The number of likely N-dealkylation sites (tertiary alicyclic amines) is 1. The maximum Gasteiger partial charge on any atom is 0.227 e. The zero-order chi connectivity index (χ0) is 10.8. The highest BCUT2D eigenvalue weighted by atomic mass is 16.3. The number of carbonyl (C=O) groups excluding carboxylic acids is 1. The van der Waals surface area contributed by atoms with Crippen LogP contribution in [-0.4, -0.2) is 47.7 Å². The third-order valence-electron chi connectivity index (χ3n) is 3.71. The molecular weight excluding hydrogens is 192 g/mol. The minimum atomic E-state index is 0.0744. The van der Waals surface area contributed by atoms with Gasteiger partial charge in [0.15, 0.2) is 0 Å². The zero-order valence-corrected chi connectivity index (χ0v) is 9.28. The summed E-state index contributed by atoms with van der Waals surface area (Å²) in [4.78, 5) is 14.1. The van der Waals surface area contributed by atoms with Crippen molar-refractivity contribution in [3.8, 4) is 0 Å². The van der Waals surface area contributed by atoms with Gasteiger partial charge in [-0.25, -0.2) is 0 Å². The molecule has 3 atom stereocenters. The van der Waals surface area contributed by atoms with Gasteiger partial charge in [-0.15, -0.1) is 0 Å². The number of aliphatic hydroxyl groups is 1. The van der Waals surface area contributed by atoms with Crippen molar-refractivity contribution in [2.45, 2.75) is 38.3 Å². The predicted molar refractivity (Wildman–Crippen MR) is 57.4 cm³/mol. The first-order valence-corrected chi connectivity index (χ1v) is 5.88. The molecule has 2 heterocycles. The molecule has 86 valence electrons. The van der Waals surface area contributed by atoms with Crippen LogP contribution in [0.1, 0.15) is 26.2 Å². The van der Waals surface area contributed by atoms with Crippen LogP contribution >= 0.6 is 0 Å². The lowest BCUT2D eigenvalue weighted by atomic mass is 10.00. The van der Waals surface area contributed by atoms with Crippen LogP contribution in [0.25, 0.3) is 0 Å². The summed E-state index contributed by atoms with van der Waals surface area (Å²) in [7, 11) is 0. The lowest BCUT2D eigenvalue weighted by Crippen LogP contribution is -2.44. The molecule has 2 saturated heterocycles. The molecule has 0 spiro atoms. The topological polar surface area (TPSA) is 52.6 Å². The molecular formula is C11H20N2O2. The van der Waals surface area contributed by atoms with Crippen LogP contribution < -0.4 is 5.32 Å². The fourth-order valence-corrected chi connectivity index (χ4v) is 2.72. The van der Waals surface area contributed by atoms with Crippen LogP contribution in [0.5, 0.6) is 0 Å². The fraction of sp³-hybridized carbons (Fsp3) is 0.909. The highest BCUT2D eigenvalue weighted by molar-refractivity contribution is 5.80. The van der Waals surface area contributed by atoms with Crippen LogP contribution in [0.15, 0.2) is 0 Å². The molecule has 0 aliphatic carbocycles. The van der Waals surface area contributed by atoms with E-state index in [2.05, 4.69) is 12.2 Å². The summed E-state index contributed by atoms with van der Waals surface area (Å²) >= 11 is 0. The Kier molecular flexibility index (Phi) is 3.26. The smallest absolute Gasteiger partial charge is 0.227 e. The molecule has 0 saturated carbocycles. The number of nitrogens with one attached hydrogen (secondary N) is 1. The number of amides is 1. The van der Waals surface area contributed by atoms with Crippen molar-refractivity contribution < 1.29 is 9.90 Å². The summed E-state index contributed by atoms with van der Waals surface area (Å²) in [5.41, 5.74) is 0. The van der Waals surface area contributed by atoms with Crippen LogP contribution in [-0.2, 0) is 4.79 Å². The number of rotatable bonds is 2. The highest BCUT2D eigenvalue weighted by Crippen LogP contribution is 2.24. The van der Waals surface area contributed by atoms with Gasteiger partial charge in [-0.1, -0.05) is 0 Å². The molecule has 0 aromatic carbocycles. The van der Waals surface area contributed by atoms with Crippen LogP contribution in [0.4, 0.5) is 0 Å². The molecule has 15 heavy (non-hydrogen) atoms. The zero-order valence-electron chi connectivity index (χ0n) is 9.28. The van der Waals surface area contributed by atoms with Gasteiger partial charge in [-0.2, -0.15) is 0 Å². The van der Waals surface area contributed by atoms with Gasteiger partial charge in [-0.05, 0) is 32.7 Å². The van der Waals surface area contributed by atoms with Crippen molar-refractivity contribution in [3.05, 3.63) is 0 Å². The number of nitrogens with zero attached hydrogens (tertiary/aromatic N) is 1. The Morgan fingerprint density at radius 1 is 1.53 bits per heavy atom. The minimum absolute atomic E-state index is 0.0744. The van der Waals surface area contributed by atoms with Gasteiger partial charge in [0.05, 0.1) is 18.6 Å². The molecule has 2 N–H and O–H groups in total. The normalized spacial score (nSPS) is 36.1. The van der Waals surface area contributed by atoms with Crippen molar-refractivity contribution in [3.63, 3.8) is 0 Å². The molecule has 1 amide bonds. The molecule has 0 aromatic heterocycles. The van der Waals surface area contributed by atoms with Crippen LogP contribution in [0.2, 0.25) is 0 Å². The van der Waals surface area contributed by atoms with E-state index < -0.39 is 0 Å². The Morgan fingerprint density at radius 3 is 2.93 bits per heavy atom. The van der Waals surface area contributed by atoms with Gasteiger partial charge in [0.1, 0.15) is 0 Å². The first-order valence-electron chi connectivity index (χ1n) is 5.88.